The molecule has 2 N–H and O–H groups in total. The summed E-state index contributed by atoms with van der Waals surface area (Å²) < 4.78 is 8.94. The molecule has 0 aromatic carbocycles. The van der Waals surface area contributed by atoms with Gasteiger partial charge in [-0.25, -0.2) is 14.6 Å². The van der Waals surface area contributed by atoms with Crippen LogP contribution in [0.15, 0.2) is 36.9 Å². The molecule has 0 saturated heterocycles. The molecule has 1 amide bonds. The topological polar surface area (TPSA) is 149 Å². The van der Waals surface area contributed by atoms with E-state index in [1.165, 1.54) is 35.4 Å². The summed E-state index contributed by atoms with van der Waals surface area (Å²) in [7, 11) is 1.49. The van der Waals surface area contributed by atoms with E-state index in [-0.39, 0.29) is 12.1 Å². The van der Waals surface area contributed by atoms with Crippen molar-refractivity contribution in [1.82, 2.24) is 49.7 Å². The highest BCUT2D eigenvalue weighted by Crippen LogP contribution is 2.32. The van der Waals surface area contributed by atoms with Gasteiger partial charge in [-0.3, -0.25) is 9.59 Å². The molecule has 2 aliphatic rings. The maximum atomic E-state index is 13.4. The number of carbonyl (C=O) groups is 2. The van der Waals surface area contributed by atoms with E-state index in [1.807, 2.05) is 22.8 Å². The highest BCUT2D eigenvalue weighted by atomic mass is 16.5. The van der Waals surface area contributed by atoms with Crippen molar-refractivity contribution in [2.75, 3.05) is 20.2 Å². The summed E-state index contributed by atoms with van der Waals surface area (Å²) in [6.07, 6.45) is 10.4. The molecule has 13 nitrogen and oxygen atoms in total. The third-order valence-electron chi connectivity index (χ3n) is 6.23. The molecule has 6 heterocycles. The Kier molecular flexibility index (Phi) is 5.09. The average Bonchev–Trinajstić information content (AvgIpc) is 3.65. The molecule has 0 bridgehead atoms. The number of hydrogen-bond donors (Lipinski definition) is 2. The van der Waals surface area contributed by atoms with E-state index in [1.54, 1.807) is 6.92 Å². The van der Waals surface area contributed by atoms with E-state index in [0.29, 0.717) is 47.2 Å². The van der Waals surface area contributed by atoms with E-state index in [4.69, 9.17) is 4.74 Å². The first-order chi connectivity index (χ1) is 17.5. The molecule has 0 fully saturated rings. The second-order valence-corrected chi connectivity index (χ2v) is 8.38. The number of nitrogens with zero attached hydrogens (tertiary/aromatic N) is 8. The molecule has 0 atom stereocenters. The summed E-state index contributed by atoms with van der Waals surface area (Å²) in [6.45, 7) is 3.51. The number of pyridine rings is 1. The number of H-pyrrole nitrogens is 1. The Labute approximate surface area is 204 Å². The molecule has 0 radical (unpaired) electrons. The lowest BCUT2D eigenvalue weighted by Crippen LogP contribution is -2.42. The van der Waals surface area contributed by atoms with Crippen LogP contribution in [0.5, 0.6) is 5.75 Å². The molecule has 13 heteroatoms. The number of hydrogen-bond acceptors (Lipinski definition) is 9. The van der Waals surface area contributed by atoms with Crippen LogP contribution in [-0.4, -0.2) is 76.3 Å². The molecule has 0 unspecified atom stereocenters. The second kappa shape index (κ2) is 8.45. The Morgan fingerprint density at radius 3 is 2.81 bits per heavy atom. The van der Waals surface area contributed by atoms with Crippen LogP contribution in [0.3, 0.4) is 0 Å². The summed E-state index contributed by atoms with van der Waals surface area (Å²) in [5.41, 5.74) is 1.59. The SMILES string of the molecule is COc1cnc(-n2cnc(C)n2)c2[nH]cc(C(=O)C(=O)N3CCn4c(nnc4C4=CC=CCN4)C3)c12. The minimum absolute atomic E-state index is 0.186. The van der Waals surface area contributed by atoms with Crippen LogP contribution in [0.25, 0.3) is 22.4 Å². The summed E-state index contributed by atoms with van der Waals surface area (Å²) in [4.78, 5) is 39.8. The Hall–Kier alpha value is -4.81. The zero-order chi connectivity index (χ0) is 24.8. The number of methoxy groups -OCH3 is 1. The number of ether oxygens (including phenoxy) is 1. The lowest BCUT2D eigenvalue weighted by atomic mass is 10.1. The van der Waals surface area contributed by atoms with Gasteiger partial charge in [0.1, 0.15) is 17.9 Å². The fraction of sp³-hybridized carbons (Fsp3) is 0.261. The van der Waals surface area contributed by atoms with Gasteiger partial charge < -0.3 is 24.5 Å². The first-order valence-corrected chi connectivity index (χ1v) is 11.3. The van der Waals surface area contributed by atoms with Gasteiger partial charge in [0.05, 0.1) is 42.0 Å². The quantitative estimate of drug-likeness (QED) is 0.308. The van der Waals surface area contributed by atoms with Gasteiger partial charge in [-0.1, -0.05) is 12.2 Å². The van der Waals surface area contributed by atoms with Crippen LogP contribution < -0.4 is 10.1 Å². The zero-order valence-electron chi connectivity index (χ0n) is 19.6. The molecule has 0 aliphatic carbocycles. The van der Waals surface area contributed by atoms with Gasteiger partial charge in [0.2, 0.25) is 0 Å². The molecule has 0 saturated carbocycles. The number of Topliss-reactive ketones (excluding diaryl/α,β-unsaturated/α-hetero) is 1. The number of nitrogens with one attached hydrogen (secondary N) is 2. The van der Waals surface area contributed by atoms with Crippen molar-refractivity contribution in [2.24, 2.45) is 0 Å². The summed E-state index contributed by atoms with van der Waals surface area (Å²) in [5.74, 6) is 1.46. The van der Waals surface area contributed by atoms with Gasteiger partial charge in [0.15, 0.2) is 17.5 Å². The van der Waals surface area contributed by atoms with Gasteiger partial charge >= 0.3 is 0 Å². The van der Waals surface area contributed by atoms with Gasteiger partial charge in [-0.05, 0) is 13.0 Å². The molecule has 4 aromatic heterocycles. The lowest BCUT2D eigenvalue weighted by Gasteiger charge is -2.27. The first kappa shape index (κ1) is 21.7. The van der Waals surface area contributed by atoms with Crippen LogP contribution >= 0.6 is 0 Å². The Balaban J connectivity index is 1.30. The van der Waals surface area contributed by atoms with Crippen molar-refractivity contribution in [2.45, 2.75) is 20.0 Å². The van der Waals surface area contributed by atoms with Gasteiger partial charge in [0.25, 0.3) is 11.7 Å². The number of amides is 1. The standard InChI is InChI=1S/C23H22N10O3/c1-13-27-12-33(30-13)22-19-18(16(36-2)10-26-22)14(9-25-19)20(34)23(35)31-7-8-32-17(11-31)28-29-21(32)15-5-3-4-6-24-15/h3-5,9-10,12,24-25H,6-8,11H2,1-2H3. The van der Waals surface area contributed by atoms with Crippen molar-refractivity contribution >= 4 is 28.3 Å². The molecular formula is C23H22N10O3. The Bertz CT molecular complexity index is 1570. The van der Waals surface area contributed by atoms with Crippen molar-refractivity contribution in [3.8, 4) is 11.6 Å². The third-order valence-corrected chi connectivity index (χ3v) is 6.23. The molecule has 2 aliphatic heterocycles. The van der Waals surface area contributed by atoms with Crippen molar-refractivity contribution in [3.05, 3.63) is 60.0 Å². The monoisotopic (exact) mass is 486 g/mol. The number of ketones is 1. The molecule has 0 spiro atoms. The maximum absolute atomic E-state index is 13.4. The normalized spacial score (nSPS) is 14.9. The predicted octanol–water partition coefficient (Wildman–Crippen LogP) is 0.778. The highest BCUT2D eigenvalue weighted by molar-refractivity contribution is 6.45. The Morgan fingerprint density at radius 2 is 2.06 bits per heavy atom. The number of rotatable bonds is 5. The fourth-order valence-corrected chi connectivity index (χ4v) is 4.46. The van der Waals surface area contributed by atoms with Crippen molar-refractivity contribution in [3.63, 3.8) is 0 Å². The maximum Gasteiger partial charge on any atom is 0.295 e. The van der Waals surface area contributed by atoms with Crippen LogP contribution in [0.2, 0.25) is 0 Å². The van der Waals surface area contributed by atoms with Crippen molar-refractivity contribution < 1.29 is 14.3 Å². The zero-order valence-corrected chi connectivity index (χ0v) is 19.6. The van der Waals surface area contributed by atoms with E-state index < -0.39 is 11.7 Å². The van der Waals surface area contributed by atoms with Crippen molar-refractivity contribution in [1.29, 1.82) is 0 Å². The van der Waals surface area contributed by atoms with Crippen LogP contribution in [0.4, 0.5) is 0 Å². The predicted molar refractivity (Wildman–Crippen MR) is 127 cm³/mol. The van der Waals surface area contributed by atoms with Crippen LogP contribution in [0, 0.1) is 6.92 Å². The molecule has 182 valence electrons. The van der Waals surface area contributed by atoms with E-state index >= 15 is 0 Å². The van der Waals surface area contributed by atoms with E-state index in [2.05, 4.69) is 35.6 Å². The number of dihydropyridines is 1. The van der Waals surface area contributed by atoms with Gasteiger partial charge in [-0.2, -0.15) is 5.10 Å². The average molecular weight is 486 g/mol. The largest absolute Gasteiger partial charge is 0.494 e. The molecule has 6 rings (SSSR count). The minimum atomic E-state index is -0.651. The smallest absolute Gasteiger partial charge is 0.295 e. The summed E-state index contributed by atoms with van der Waals surface area (Å²) >= 11 is 0. The number of aromatic amines is 1. The second-order valence-electron chi connectivity index (χ2n) is 8.38. The third kappa shape index (κ3) is 3.43. The number of allylic oxidation sites excluding steroid dienone is 2. The van der Waals surface area contributed by atoms with E-state index in [0.717, 1.165) is 18.1 Å². The lowest BCUT2D eigenvalue weighted by molar-refractivity contribution is -0.127. The molecular weight excluding hydrogens is 464 g/mol. The van der Waals surface area contributed by atoms with E-state index in [9.17, 15) is 9.59 Å². The minimum Gasteiger partial charge on any atom is -0.494 e. The fourth-order valence-electron chi connectivity index (χ4n) is 4.46. The number of carbonyl (C=O) groups excluding carboxylic acids is 2. The first-order valence-electron chi connectivity index (χ1n) is 11.3. The number of aromatic nitrogens is 8. The Morgan fingerprint density at radius 1 is 1.17 bits per heavy atom. The molecule has 36 heavy (non-hydrogen) atoms. The van der Waals surface area contributed by atoms with Gasteiger partial charge in [-0.15, -0.1) is 10.2 Å². The molecule has 4 aromatic rings. The summed E-state index contributed by atoms with van der Waals surface area (Å²) in [5, 5.41) is 16.6. The van der Waals surface area contributed by atoms with Gasteiger partial charge in [0, 0.05) is 25.8 Å². The van der Waals surface area contributed by atoms with Crippen LogP contribution in [0.1, 0.15) is 27.8 Å². The highest BCUT2D eigenvalue weighted by Gasteiger charge is 2.32. The number of aryl methyl sites for hydroxylation is 1. The summed E-state index contributed by atoms with van der Waals surface area (Å²) in [6, 6.07) is 0. The number of fused-ring (bicyclic) bond motifs is 2. The van der Waals surface area contributed by atoms with Crippen LogP contribution in [-0.2, 0) is 17.9 Å².